The van der Waals surface area contributed by atoms with E-state index in [9.17, 15) is 21.6 Å². The third-order valence-electron chi connectivity index (χ3n) is 6.81. The molecule has 2 N–H and O–H groups in total. The fourth-order valence-electron chi connectivity index (χ4n) is 4.61. The maximum Gasteiger partial charge on any atom is 0.416 e. The molecule has 1 atom stereocenters. The van der Waals surface area contributed by atoms with Crippen LogP contribution in [0.25, 0.3) is 0 Å². The molecule has 7 nitrogen and oxygen atoms in total. The summed E-state index contributed by atoms with van der Waals surface area (Å²) >= 11 is 12.4. The van der Waals surface area contributed by atoms with E-state index in [1.807, 2.05) is 30.3 Å². The molecule has 0 amide bonds. The van der Waals surface area contributed by atoms with Crippen molar-refractivity contribution in [3.8, 4) is 0 Å². The lowest BCUT2D eigenvalue weighted by Crippen LogP contribution is -2.36. The van der Waals surface area contributed by atoms with Crippen molar-refractivity contribution in [2.24, 2.45) is 20.2 Å². The highest BCUT2D eigenvalue weighted by Gasteiger charge is 2.32. The fraction of sp³-hybridized carbons (Fsp3) is 0.129. The van der Waals surface area contributed by atoms with Gasteiger partial charge in [-0.15, -0.1) is 4.40 Å². The number of guanidine groups is 1. The van der Waals surface area contributed by atoms with Gasteiger partial charge in [0.1, 0.15) is 5.84 Å². The number of halogens is 5. The predicted molar refractivity (Wildman–Crippen MR) is 167 cm³/mol. The van der Waals surface area contributed by atoms with Gasteiger partial charge >= 0.3 is 6.18 Å². The van der Waals surface area contributed by atoms with Crippen molar-refractivity contribution >= 4 is 50.7 Å². The zero-order valence-corrected chi connectivity index (χ0v) is 25.1. The Kier molecular flexibility index (Phi) is 9.10. The lowest BCUT2D eigenvalue weighted by Gasteiger charge is -2.30. The average Bonchev–Trinajstić information content (AvgIpc) is 3.01. The number of nitrogens with two attached hydrogens (primary N) is 1. The molecule has 0 aliphatic carbocycles. The summed E-state index contributed by atoms with van der Waals surface area (Å²) in [6.45, 7) is 0.192. The van der Waals surface area contributed by atoms with Gasteiger partial charge in [0.05, 0.1) is 21.2 Å². The van der Waals surface area contributed by atoms with Gasteiger partial charge in [-0.3, -0.25) is 0 Å². The summed E-state index contributed by atoms with van der Waals surface area (Å²) in [7, 11) is -4.57. The summed E-state index contributed by atoms with van der Waals surface area (Å²) in [5.74, 6) is -0.683. The smallest absolute Gasteiger partial charge is 0.383 e. The topological polar surface area (TPSA) is 100 Å². The van der Waals surface area contributed by atoms with Crippen LogP contribution in [0.2, 0.25) is 10.0 Å². The molecular formula is C31H24Cl2F3N5O2S. The highest BCUT2D eigenvalue weighted by Crippen LogP contribution is 2.32. The standard InChI is InChI=1S/C31H24Cl2F3N5O2S/c32-23-14-10-21(11-15-23)28-25(20-6-2-1-3-7-20)18-19-41(39-28)30(38-29(37)26-8-4-5-9-27(26)33)40-44(42,43)24-16-12-22(13-17-24)31(34,35)36/h1-17,25H,18-19H2,(H2,37,38,40). The summed E-state index contributed by atoms with van der Waals surface area (Å²) in [5, 5.41) is 6.91. The molecule has 13 heteroatoms. The Morgan fingerprint density at radius 3 is 2.16 bits per heavy atom. The van der Waals surface area contributed by atoms with Gasteiger partial charge in [0.15, 0.2) is 0 Å². The minimum Gasteiger partial charge on any atom is -0.383 e. The summed E-state index contributed by atoms with van der Waals surface area (Å²) in [4.78, 5) is 3.87. The molecule has 0 radical (unpaired) electrons. The first kappa shape index (κ1) is 31.2. The predicted octanol–water partition coefficient (Wildman–Crippen LogP) is 7.36. The molecule has 0 saturated heterocycles. The third-order valence-corrected chi connectivity index (χ3v) is 8.67. The first-order valence-electron chi connectivity index (χ1n) is 13.2. The Morgan fingerprint density at radius 1 is 0.886 bits per heavy atom. The molecule has 1 unspecified atom stereocenters. The normalized spacial score (nSPS) is 16.5. The van der Waals surface area contributed by atoms with Crippen LogP contribution in [0.3, 0.4) is 0 Å². The Morgan fingerprint density at radius 2 is 1.52 bits per heavy atom. The van der Waals surface area contributed by atoms with Crippen LogP contribution >= 0.6 is 23.2 Å². The lowest BCUT2D eigenvalue weighted by atomic mass is 9.86. The molecule has 4 aromatic rings. The molecule has 0 fully saturated rings. The van der Waals surface area contributed by atoms with Crippen molar-refractivity contribution in [1.29, 1.82) is 0 Å². The van der Waals surface area contributed by atoms with E-state index in [2.05, 4.69) is 9.39 Å². The summed E-state index contributed by atoms with van der Waals surface area (Å²) in [5.41, 5.74) is 7.95. The zero-order chi connectivity index (χ0) is 31.5. The Bertz CT molecular complexity index is 1850. The Balaban J connectivity index is 1.65. The number of aliphatic imine (C=N–C) groups is 1. The number of sulfonamides is 1. The van der Waals surface area contributed by atoms with Crippen LogP contribution in [0.4, 0.5) is 13.2 Å². The second kappa shape index (κ2) is 12.8. The number of hydrogen-bond acceptors (Lipinski definition) is 3. The van der Waals surface area contributed by atoms with Crippen LogP contribution in [-0.2, 0) is 16.2 Å². The fourth-order valence-corrected chi connectivity index (χ4v) is 5.90. The minimum atomic E-state index is -4.64. The number of nitrogens with zero attached hydrogens (tertiary/aromatic N) is 4. The largest absolute Gasteiger partial charge is 0.416 e. The first-order valence-corrected chi connectivity index (χ1v) is 15.4. The van der Waals surface area contributed by atoms with E-state index < -0.39 is 26.7 Å². The zero-order valence-electron chi connectivity index (χ0n) is 22.8. The molecule has 0 saturated carbocycles. The molecule has 1 heterocycles. The number of hydrazone groups is 1. The number of rotatable bonds is 5. The van der Waals surface area contributed by atoms with Crippen LogP contribution in [-0.4, -0.2) is 37.5 Å². The maximum absolute atomic E-state index is 13.4. The summed E-state index contributed by atoms with van der Waals surface area (Å²) in [6.07, 6.45) is -4.15. The Hall–Kier alpha value is -4.19. The Labute approximate surface area is 262 Å². The number of amidine groups is 1. The number of benzene rings is 4. The molecule has 4 aromatic carbocycles. The molecule has 226 valence electrons. The van der Waals surface area contributed by atoms with Gasteiger partial charge in [0.2, 0.25) is 0 Å². The van der Waals surface area contributed by atoms with E-state index in [0.29, 0.717) is 34.9 Å². The average molecular weight is 659 g/mol. The van der Waals surface area contributed by atoms with E-state index in [0.717, 1.165) is 23.3 Å². The lowest BCUT2D eigenvalue weighted by molar-refractivity contribution is -0.137. The van der Waals surface area contributed by atoms with Gasteiger partial charge in [-0.25, -0.2) is 5.01 Å². The van der Waals surface area contributed by atoms with E-state index >= 15 is 0 Å². The number of alkyl halides is 3. The molecule has 0 aromatic heterocycles. The van der Waals surface area contributed by atoms with Gasteiger partial charge in [-0.2, -0.15) is 31.7 Å². The van der Waals surface area contributed by atoms with Gasteiger partial charge in [0.25, 0.3) is 16.0 Å². The highest BCUT2D eigenvalue weighted by atomic mass is 35.5. The van der Waals surface area contributed by atoms with Crippen molar-refractivity contribution in [3.05, 3.63) is 135 Å². The quantitative estimate of drug-likeness (QED) is 0.179. The molecule has 5 rings (SSSR count). The molecule has 0 bridgehead atoms. The van der Waals surface area contributed by atoms with Crippen LogP contribution in [0.15, 0.2) is 123 Å². The van der Waals surface area contributed by atoms with Crippen molar-refractivity contribution < 1.29 is 21.6 Å². The van der Waals surface area contributed by atoms with E-state index in [1.165, 1.54) is 5.01 Å². The molecule has 1 aliphatic rings. The first-order chi connectivity index (χ1) is 20.9. The van der Waals surface area contributed by atoms with E-state index in [1.54, 1.807) is 48.5 Å². The van der Waals surface area contributed by atoms with Crippen molar-refractivity contribution in [2.75, 3.05) is 6.54 Å². The third kappa shape index (κ3) is 7.12. The van der Waals surface area contributed by atoms with Crippen LogP contribution in [0.1, 0.15) is 34.6 Å². The molecule has 44 heavy (non-hydrogen) atoms. The highest BCUT2D eigenvalue weighted by molar-refractivity contribution is 7.90. The minimum absolute atomic E-state index is 0.134. The molecule has 0 spiro atoms. The van der Waals surface area contributed by atoms with Gasteiger partial charge in [0, 0.05) is 23.0 Å². The van der Waals surface area contributed by atoms with Gasteiger partial charge in [-0.1, -0.05) is 77.8 Å². The van der Waals surface area contributed by atoms with Crippen LogP contribution in [0, 0.1) is 0 Å². The van der Waals surface area contributed by atoms with E-state index in [-0.39, 0.29) is 29.3 Å². The van der Waals surface area contributed by atoms with Crippen molar-refractivity contribution in [1.82, 2.24) is 5.01 Å². The maximum atomic E-state index is 13.4. The van der Waals surface area contributed by atoms with Gasteiger partial charge in [-0.05, 0) is 66.1 Å². The van der Waals surface area contributed by atoms with Crippen LogP contribution < -0.4 is 5.73 Å². The van der Waals surface area contributed by atoms with E-state index in [4.69, 9.17) is 34.0 Å². The van der Waals surface area contributed by atoms with Gasteiger partial charge < -0.3 is 5.73 Å². The second-order valence-electron chi connectivity index (χ2n) is 9.73. The monoisotopic (exact) mass is 657 g/mol. The summed E-state index contributed by atoms with van der Waals surface area (Å²) < 4.78 is 70.1. The van der Waals surface area contributed by atoms with Crippen LogP contribution in [0.5, 0.6) is 0 Å². The van der Waals surface area contributed by atoms with Crippen molar-refractivity contribution in [2.45, 2.75) is 23.4 Å². The second-order valence-corrected chi connectivity index (χ2v) is 12.2. The van der Waals surface area contributed by atoms with Crippen molar-refractivity contribution in [3.63, 3.8) is 0 Å². The SMILES string of the molecule is NC(=NC(=NS(=O)(=O)c1ccc(C(F)(F)F)cc1)N1CCC(c2ccccc2)C(c2ccc(Cl)cc2)=N1)c1ccccc1Cl. The summed E-state index contributed by atoms with van der Waals surface area (Å²) in [6, 6.07) is 26.3. The molecular weight excluding hydrogens is 634 g/mol. The molecule has 1 aliphatic heterocycles. The number of hydrogen-bond donors (Lipinski definition) is 1.